The van der Waals surface area contributed by atoms with Gasteiger partial charge >= 0.3 is 0 Å². The summed E-state index contributed by atoms with van der Waals surface area (Å²) in [5, 5.41) is 5.17. The molecule has 7 heteroatoms. The molecule has 0 spiro atoms. The van der Waals surface area contributed by atoms with Crippen molar-refractivity contribution in [1.82, 2.24) is 4.98 Å². The van der Waals surface area contributed by atoms with Crippen molar-refractivity contribution in [2.24, 2.45) is 5.92 Å². The predicted molar refractivity (Wildman–Crippen MR) is 98.2 cm³/mol. The van der Waals surface area contributed by atoms with Crippen molar-refractivity contribution < 1.29 is 14.3 Å². The van der Waals surface area contributed by atoms with Gasteiger partial charge in [-0.25, -0.2) is 4.98 Å². The Morgan fingerprint density at radius 2 is 2.24 bits per heavy atom. The topological polar surface area (TPSA) is 71.5 Å². The van der Waals surface area contributed by atoms with Crippen LogP contribution < -0.4 is 15.0 Å². The Bertz CT molecular complexity index is 774. The monoisotopic (exact) mass is 359 g/mol. The van der Waals surface area contributed by atoms with Gasteiger partial charge in [0.1, 0.15) is 11.8 Å². The van der Waals surface area contributed by atoms with E-state index in [0.717, 1.165) is 11.3 Å². The molecule has 1 unspecified atom stereocenters. The van der Waals surface area contributed by atoms with E-state index >= 15 is 0 Å². The summed E-state index contributed by atoms with van der Waals surface area (Å²) in [5.41, 5.74) is 1.67. The zero-order chi connectivity index (χ0) is 18.0. The number of aromatic nitrogens is 1. The second-order valence-electron chi connectivity index (χ2n) is 6.41. The van der Waals surface area contributed by atoms with Crippen LogP contribution in [0.2, 0.25) is 0 Å². The molecule has 0 aliphatic carbocycles. The molecule has 1 aromatic carbocycles. The number of hydrogen-bond acceptors (Lipinski definition) is 5. The summed E-state index contributed by atoms with van der Waals surface area (Å²) in [7, 11) is 1.60. The Hall–Kier alpha value is -2.41. The van der Waals surface area contributed by atoms with Crippen LogP contribution in [-0.2, 0) is 16.0 Å². The number of carbonyl (C=O) groups is 2. The summed E-state index contributed by atoms with van der Waals surface area (Å²) in [6, 6.07) is 4.96. The zero-order valence-corrected chi connectivity index (χ0v) is 15.3. The molecule has 1 aliphatic rings. The first-order valence-corrected chi connectivity index (χ1v) is 9.07. The number of fused-ring (bicyclic) bond motifs is 1. The number of anilines is 2. The fraction of sp³-hybridized carbons (Fsp3) is 0.389. The molecule has 0 fully saturated rings. The smallest absolute Gasteiger partial charge is 0.249 e. The molecule has 6 nitrogen and oxygen atoms in total. The quantitative estimate of drug-likeness (QED) is 0.860. The fourth-order valence-electron chi connectivity index (χ4n) is 3.04. The first kappa shape index (κ1) is 17.4. The maximum absolute atomic E-state index is 12.8. The molecule has 1 aliphatic heterocycles. The van der Waals surface area contributed by atoms with Crippen molar-refractivity contribution in [3.63, 3.8) is 0 Å². The molecule has 2 aromatic rings. The minimum atomic E-state index is -0.564. The van der Waals surface area contributed by atoms with Crippen LogP contribution in [0.25, 0.3) is 0 Å². The van der Waals surface area contributed by atoms with Gasteiger partial charge in [-0.05, 0) is 36.1 Å². The Morgan fingerprint density at radius 3 is 2.88 bits per heavy atom. The van der Waals surface area contributed by atoms with Crippen LogP contribution in [-0.4, -0.2) is 29.9 Å². The van der Waals surface area contributed by atoms with Gasteiger partial charge < -0.3 is 10.1 Å². The predicted octanol–water partition coefficient (Wildman–Crippen LogP) is 3.09. The molecule has 25 heavy (non-hydrogen) atoms. The van der Waals surface area contributed by atoms with E-state index in [4.69, 9.17) is 4.74 Å². The van der Waals surface area contributed by atoms with Gasteiger partial charge in [0.15, 0.2) is 5.13 Å². The Balaban J connectivity index is 1.91. The first-order chi connectivity index (χ1) is 12.0. The van der Waals surface area contributed by atoms with Gasteiger partial charge in [0.05, 0.1) is 13.5 Å². The maximum atomic E-state index is 12.8. The molecule has 1 aromatic heterocycles. The Labute approximate surface area is 150 Å². The first-order valence-electron chi connectivity index (χ1n) is 8.19. The summed E-state index contributed by atoms with van der Waals surface area (Å²) < 4.78 is 5.24. The van der Waals surface area contributed by atoms with Crippen molar-refractivity contribution in [3.8, 4) is 5.75 Å². The lowest BCUT2D eigenvalue weighted by Crippen LogP contribution is -2.46. The molecule has 132 valence electrons. The average Bonchev–Trinajstić information content (AvgIpc) is 3.18. The van der Waals surface area contributed by atoms with Crippen LogP contribution in [0.3, 0.4) is 0 Å². The highest BCUT2D eigenvalue weighted by Crippen LogP contribution is 2.35. The third kappa shape index (κ3) is 3.66. The van der Waals surface area contributed by atoms with Crippen molar-refractivity contribution in [2.45, 2.75) is 32.7 Å². The van der Waals surface area contributed by atoms with E-state index in [9.17, 15) is 9.59 Å². The van der Waals surface area contributed by atoms with Crippen molar-refractivity contribution >= 4 is 34.0 Å². The second-order valence-corrected chi connectivity index (χ2v) is 7.30. The van der Waals surface area contributed by atoms with Crippen molar-refractivity contribution in [3.05, 3.63) is 35.3 Å². The van der Waals surface area contributed by atoms with Gasteiger partial charge in [-0.3, -0.25) is 14.5 Å². The van der Waals surface area contributed by atoms with Crippen LogP contribution >= 0.6 is 11.3 Å². The van der Waals surface area contributed by atoms with E-state index in [2.05, 4.69) is 10.3 Å². The number of hydrogen-bond donors (Lipinski definition) is 1. The largest absolute Gasteiger partial charge is 0.497 e. The van der Waals surface area contributed by atoms with Crippen LogP contribution in [0, 0.1) is 5.92 Å². The van der Waals surface area contributed by atoms with Crippen LogP contribution in [0.4, 0.5) is 10.8 Å². The third-order valence-electron chi connectivity index (χ3n) is 4.13. The number of benzene rings is 1. The Kier molecular flexibility index (Phi) is 5.03. The number of rotatable bonds is 6. The molecule has 3 rings (SSSR count). The highest BCUT2D eigenvalue weighted by Gasteiger charge is 2.37. The van der Waals surface area contributed by atoms with Crippen LogP contribution in [0.1, 0.15) is 25.8 Å². The van der Waals surface area contributed by atoms with Crippen molar-refractivity contribution in [2.75, 3.05) is 17.3 Å². The van der Waals surface area contributed by atoms with E-state index in [1.807, 2.05) is 32.0 Å². The highest BCUT2D eigenvalue weighted by molar-refractivity contribution is 7.13. The minimum absolute atomic E-state index is 0.0665. The molecular formula is C18H21N3O3S. The molecule has 0 bridgehead atoms. The van der Waals surface area contributed by atoms with E-state index in [-0.39, 0.29) is 24.2 Å². The summed E-state index contributed by atoms with van der Waals surface area (Å²) in [6.07, 6.45) is 2.50. The molecule has 0 saturated heterocycles. The lowest BCUT2D eigenvalue weighted by atomic mass is 10.0. The number of nitrogens with one attached hydrogen (secondary N) is 1. The maximum Gasteiger partial charge on any atom is 0.249 e. The number of carbonyl (C=O) groups excluding carboxylic acids is 2. The van der Waals surface area contributed by atoms with Gasteiger partial charge in [0, 0.05) is 17.3 Å². The van der Waals surface area contributed by atoms with Gasteiger partial charge in [-0.2, -0.15) is 0 Å². The summed E-state index contributed by atoms with van der Waals surface area (Å²) in [6.45, 7) is 4.08. The molecule has 0 radical (unpaired) electrons. The van der Waals surface area contributed by atoms with E-state index < -0.39 is 6.04 Å². The normalized spacial score (nSPS) is 14.6. The van der Waals surface area contributed by atoms with Gasteiger partial charge in [0.2, 0.25) is 11.8 Å². The number of nitrogens with zero attached hydrogens (tertiary/aromatic N) is 2. The molecular weight excluding hydrogens is 338 g/mol. The zero-order valence-electron chi connectivity index (χ0n) is 14.5. The third-order valence-corrected chi connectivity index (χ3v) is 4.82. The summed E-state index contributed by atoms with van der Waals surface area (Å²) in [4.78, 5) is 31.2. The van der Waals surface area contributed by atoms with Gasteiger partial charge in [-0.1, -0.05) is 13.8 Å². The van der Waals surface area contributed by atoms with Crippen LogP contribution in [0.15, 0.2) is 29.8 Å². The standard InChI is InChI=1S/C18H21N3O3S/c1-11(2)8-15(17(23)20-18-19-6-7-25-18)21-14-5-4-13(24-3)9-12(14)10-16(21)22/h4-7,9,11,15H,8,10H2,1-3H3,(H,19,20,23). The Morgan fingerprint density at radius 1 is 1.44 bits per heavy atom. The number of methoxy groups -OCH3 is 1. The molecule has 1 atom stereocenters. The number of ether oxygens (including phenoxy) is 1. The number of thiazole rings is 1. The lowest BCUT2D eigenvalue weighted by molar-refractivity contribution is -0.123. The minimum Gasteiger partial charge on any atom is -0.497 e. The van der Waals surface area contributed by atoms with E-state index in [1.54, 1.807) is 23.6 Å². The molecule has 2 heterocycles. The SMILES string of the molecule is COc1ccc2c(c1)CC(=O)N2C(CC(C)C)C(=O)Nc1nccs1. The molecule has 2 amide bonds. The van der Waals surface area contributed by atoms with E-state index in [1.165, 1.54) is 11.3 Å². The van der Waals surface area contributed by atoms with Crippen LogP contribution in [0.5, 0.6) is 5.75 Å². The van der Waals surface area contributed by atoms with Crippen molar-refractivity contribution in [1.29, 1.82) is 0 Å². The highest BCUT2D eigenvalue weighted by atomic mass is 32.1. The average molecular weight is 359 g/mol. The molecule has 0 saturated carbocycles. The summed E-state index contributed by atoms with van der Waals surface area (Å²) >= 11 is 1.36. The fourth-order valence-corrected chi connectivity index (χ4v) is 3.57. The lowest BCUT2D eigenvalue weighted by Gasteiger charge is -2.28. The van der Waals surface area contributed by atoms with Gasteiger partial charge in [0.25, 0.3) is 0 Å². The van der Waals surface area contributed by atoms with Gasteiger partial charge in [-0.15, -0.1) is 11.3 Å². The summed E-state index contributed by atoms with van der Waals surface area (Å²) in [5.74, 6) is 0.701. The second kappa shape index (κ2) is 7.23. The number of amides is 2. The van der Waals surface area contributed by atoms with E-state index in [0.29, 0.717) is 17.3 Å². The molecule has 1 N–H and O–H groups in total.